The van der Waals surface area contributed by atoms with Crippen molar-refractivity contribution >= 4 is 0 Å². The number of pyridine rings is 2. The monoisotopic (exact) mass is 196 g/mol. The summed E-state index contributed by atoms with van der Waals surface area (Å²) in [5.41, 5.74) is -1.86. The Morgan fingerprint density at radius 2 is 1.21 bits per heavy atom. The number of nitrogens with zero attached hydrogens (tertiary/aromatic N) is 2. The van der Waals surface area contributed by atoms with Crippen molar-refractivity contribution in [2.75, 3.05) is 0 Å². The van der Waals surface area contributed by atoms with Crippen LogP contribution in [0, 0.1) is 0 Å². The first kappa shape index (κ1) is 2.45. The molecule has 0 atom stereocenters. The van der Waals surface area contributed by atoms with Gasteiger partial charge in [0.25, 0.3) is 0 Å². The molecule has 2 heterocycles. The maximum absolute atomic E-state index is 8.16. The van der Waals surface area contributed by atoms with E-state index in [1.165, 1.54) is 0 Å². The maximum atomic E-state index is 8.16. The zero-order valence-electron chi connectivity index (χ0n) is 18.9. The first-order chi connectivity index (χ1) is 11.7. The van der Waals surface area contributed by atoms with E-state index in [4.69, 9.17) is 16.4 Å². The van der Waals surface area contributed by atoms with Gasteiger partial charge in [0, 0.05) is 30.2 Å². The zero-order valence-corrected chi connectivity index (χ0v) is 6.89. The molecule has 2 rings (SSSR count). The van der Waals surface area contributed by atoms with Crippen molar-refractivity contribution in [1.82, 2.24) is 9.97 Å². The van der Waals surface area contributed by atoms with Crippen LogP contribution in [0.25, 0.3) is 0 Å². The topological polar surface area (TPSA) is 25.8 Å². The lowest BCUT2D eigenvalue weighted by molar-refractivity contribution is 0.951. The fourth-order valence-corrected chi connectivity index (χ4v) is 0.704. The third-order valence-corrected chi connectivity index (χ3v) is 1.26. The SMILES string of the molecule is [2H]c1nc([2H])c([2H])c(C([2H])([2H])C([2H])([2H])c2c([2H])c([2H])nc([2H])c2[2H])c1[2H]. The molecular weight excluding hydrogens is 172 g/mol. The van der Waals surface area contributed by atoms with E-state index in [0.717, 1.165) is 0 Å². The zero-order chi connectivity index (χ0) is 20.2. The van der Waals surface area contributed by atoms with Gasteiger partial charge in [0.15, 0.2) is 0 Å². The van der Waals surface area contributed by atoms with E-state index in [0.29, 0.717) is 0 Å². The molecule has 2 aromatic heterocycles. The molecule has 0 bridgehead atoms. The van der Waals surface area contributed by atoms with Crippen LogP contribution in [0.5, 0.6) is 0 Å². The molecule has 0 spiro atoms. The Morgan fingerprint density at radius 3 is 1.57 bits per heavy atom. The average Bonchev–Trinajstić information content (AvgIpc) is 2.51. The molecule has 70 valence electrons. The van der Waals surface area contributed by atoms with Crippen molar-refractivity contribution in [3.63, 3.8) is 0 Å². The van der Waals surface area contributed by atoms with E-state index in [-0.39, 0.29) is 0 Å². The van der Waals surface area contributed by atoms with Crippen LogP contribution in [0.3, 0.4) is 0 Å². The fourth-order valence-electron chi connectivity index (χ4n) is 0.704. The van der Waals surface area contributed by atoms with E-state index in [2.05, 4.69) is 9.97 Å². The summed E-state index contributed by atoms with van der Waals surface area (Å²) in [6.07, 6.45) is -9.77. The molecule has 0 saturated heterocycles. The second-order valence-corrected chi connectivity index (χ2v) is 2.17. The maximum Gasteiger partial charge on any atom is 0.0840 e. The molecule has 0 saturated carbocycles. The molecular formula is C12H12N2. The van der Waals surface area contributed by atoms with Gasteiger partial charge in [-0.05, 0) is 48.0 Å². The number of hydrogen-bond acceptors (Lipinski definition) is 2. The number of hydrogen-bond donors (Lipinski definition) is 0. The lowest BCUT2D eigenvalue weighted by atomic mass is 10.1. The van der Waals surface area contributed by atoms with Crippen LogP contribution in [0.2, 0.25) is 0 Å². The lowest BCUT2D eigenvalue weighted by Gasteiger charge is -2.00. The van der Waals surface area contributed by atoms with Crippen LogP contribution in [0.1, 0.15) is 27.6 Å². The van der Waals surface area contributed by atoms with Crippen molar-refractivity contribution < 1.29 is 16.4 Å². The quantitative estimate of drug-likeness (QED) is 0.752. The molecule has 0 aliphatic heterocycles. The highest BCUT2D eigenvalue weighted by Crippen LogP contribution is 2.04. The van der Waals surface area contributed by atoms with Gasteiger partial charge in [-0.1, -0.05) is 0 Å². The molecule has 0 aromatic carbocycles. The van der Waals surface area contributed by atoms with Crippen molar-refractivity contribution in [3.05, 3.63) is 60.0 Å². The molecule has 0 aliphatic carbocycles. The summed E-state index contributed by atoms with van der Waals surface area (Å²) in [6, 6.07) is -3.60. The van der Waals surface area contributed by atoms with Gasteiger partial charge in [-0.15, -0.1) is 0 Å². The van der Waals surface area contributed by atoms with Crippen LogP contribution in [-0.4, -0.2) is 9.97 Å². The van der Waals surface area contributed by atoms with Crippen molar-refractivity contribution in [2.45, 2.75) is 12.7 Å². The molecule has 0 amide bonds. The summed E-state index contributed by atoms with van der Waals surface area (Å²) in [5, 5.41) is 0. The molecule has 0 fully saturated rings. The Balaban J connectivity index is 2.87. The van der Waals surface area contributed by atoms with E-state index in [9.17, 15) is 0 Å². The van der Waals surface area contributed by atoms with Crippen molar-refractivity contribution in [1.29, 1.82) is 0 Å². The van der Waals surface area contributed by atoms with Gasteiger partial charge in [0.1, 0.15) is 0 Å². The second kappa shape index (κ2) is 4.51. The molecule has 0 aliphatic rings. The van der Waals surface area contributed by atoms with Gasteiger partial charge < -0.3 is 0 Å². The average molecular weight is 196 g/mol. The normalized spacial score (nSPS) is 24.3. The standard InChI is InChI=1S/C12H12N2/c1(11-3-7-13-8-4-11)2-12-5-9-14-10-6-12/h3-10H,1-2H2/i1D2,2D2,3D,4D,5D,6D,7D,8D,9D,10D. The van der Waals surface area contributed by atoms with E-state index in [1.807, 2.05) is 0 Å². The number of rotatable bonds is 3. The molecule has 0 N–H and O–H groups in total. The minimum Gasteiger partial charge on any atom is -0.265 e. The highest BCUT2D eigenvalue weighted by molar-refractivity contribution is 5.15. The first-order valence-electron chi connectivity index (χ1n) is 9.64. The third-order valence-electron chi connectivity index (χ3n) is 1.26. The summed E-state index contributed by atoms with van der Waals surface area (Å²) in [4.78, 5) is 6.58. The Hall–Kier alpha value is -1.70. The largest absolute Gasteiger partial charge is 0.265 e. The van der Waals surface area contributed by atoms with Gasteiger partial charge in [-0.3, -0.25) is 9.97 Å². The predicted octanol–water partition coefficient (Wildman–Crippen LogP) is 2.26. The smallest absolute Gasteiger partial charge is 0.0840 e. The van der Waals surface area contributed by atoms with E-state index in [1.54, 1.807) is 0 Å². The van der Waals surface area contributed by atoms with Gasteiger partial charge in [0.2, 0.25) is 0 Å². The van der Waals surface area contributed by atoms with Crippen molar-refractivity contribution in [2.24, 2.45) is 0 Å². The Kier molecular flexibility index (Phi) is 0.791. The van der Waals surface area contributed by atoms with Gasteiger partial charge in [0.05, 0.1) is 11.0 Å². The summed E-state index contributed by atoms with van der Waals surface area (Å²) in [6.45, 7) is 0. The minimum absolute atomic E-state index is 0.824. The lowest BCUT2D eigenvalue weighted by Crippen LogP contribution is -1.91. The third kappa shape index (κ3) is 2.39. The minimum atomic E-state index is -3.23. The number of aromatic nitrogens is 2. The van der Waals surface area contributed by atoms with E-state index < -0.39 is 72.7 Å². The Morgan fingerprint density at radius 1 is 0.857 bits per heavy atom. The van der Waals surface area contributed by atoms with E-state index >= 15 is 0 Å². The molecule has 2 nitrogen and oxygen atoms in total. The molecule has 0 unspecified atom stereocenters. The molecule has 2 aromatic rings. The summed E-state index contributed by atoms with van der Waals surface area (Å²) < 4.78 is 93.8. The first-order valence-corrected chi connectivity index (χ1v) is 3.64. The summed E-state index contributed by atoms with van der Waals surface area (Å²) in [7, 11) is 0. The highest BCUT2D eigenvalue weighted by Gasteiger charge is 1.93. The van der Waals surface area contributed by atoms with Crippen LogP contribution in [0.4, 0.5) is 0 Å². The second-order valence-electron chi connectivity index (χ2n) is 2.17. The van der Waals surface area contributed by atoms with Gasteiger partial charge in [-0.25, -0.2) is 0 Å². The van der Waals surface area contributed by atoms with Crippen LogP contribution < -0.4 is 0 Å². The molecule has 0 radical (unpaired) electrons. The molecule has 14 heavy (non-hydrogen) atoms. The van der Waals surface area contributed by atoms with Gasteiger partial charge in [-0.2, -0.15) is 0 Å². The van der Waals surface area contributed by atoms with Crippen LogP contribution in [-0.2, 0) is 12.7 Å². The van der Waals surface area contributed by atoms with Crippen LogP contribution in [0.15, 0.2) is 48.9 Å². The Labute approximate surface area is 101 Å². The predicted molar refractivity (Wildman–Crippen MR) is 55.9 cm³/mol. The summed E-state index contributed by atoms with van der Waals surface area (Å²) >= 11 is 0. The fraction of sp³-hybridized carbons (Fsp3) is 0.167. The highest BCUT2D eigenvalue weighted by atomic mass is 14.6. The molecule has 2 heteroatoms. The Bertz CT molecular complexity index is 769. The summed E-state index contributed by atoms with van der Waals surface area (Å²) in [5.74, 6) is 0. The van der Waals surface area contributed by atoms with Gasteiger partial charge >= 0.3 is 0 Å². The van der Waals surface area contributed by atoms with Crippen LogP contribution >= 0.6 is 0 Å². The van der Waals surface area contributed by atoms with Crippen molar-refractivity contribution in [3.8, 4) is 0 Å².